The molecule has 1 atom stereocenters. The lowest BCUT2D eigenvalue weighted by molar-refractivity contribution is -0.133. The maximum atomic E-state index is 13.0. The lowest BCUT2D eigenvalue weighted by Crippen LogP contribution is -2.45. The molecule has 0 spiro atoms. The highest BCUT2D eigenvalue weighted by Crippen LogP contribution is 2.16. The Morgan fingerprint density at radius 3 is 2.67 bits per heavy atom. The topological polar surface area (TPSA) is 74.3 Å². The third-order valence-corrected chi connectivity index (χ3v) is 4.80. The lowest BCUT2D eigenvalue weighted by Gasteiger charge is -2.31. The second-order valence-electron chi connectivity index (χ2n) is 6.73. The van der Waals surface area contributed by atoms with Crippen molar-refractivity contribution in [1.29, 1.82) is 0 Å². The molecule has 1 aromatic heterocycles. The number of hydrogen-bond donors (Lipinski definition) is 2. The Morgan fingerprint density at radius 1 is 1.07 bits per heavy atom. The van der Waals surface area contributed by atoms with Crippen molar-refractivity contribution in [1.82, 2.24) is 20.5 Å². The second-order valence-corrected chi connectivity index (χ2v) is 6.73. The van der Waals surface area contributed by atoms with E-state index >= 15 is 0 Å². The number of aromatic nitrogens is 1. The molecule has 0 bridgehead atoms. The SMILES string of the molecule is O=C(NCC(=O)N(Cc1ccccn1)C1CCCNCC1)c1ccccc1. The van der Waals surface area contributed by atoms with E-state index in [4.69, 9.17) is 0 Å². The molecule has 1 saturated heterocycles. The van der Waals surface area contributed by atoms with E-state index in [2.05, 4.69) is 15.6 Å². The summed E-state index contributed by atoms with van der Waals surface area (Å²) >= 11 is 0. The van der Waals surface area contributed by atoms with Crippen molar-refractivity contribution in [2.45, 2.75) is 31.8 Å². The fourth-order valence-corrected chi connectivity index (χ4v) is 3.35. The summed E-state index contributed by atoms with van der Waals surface area (Å²) in [5.41, 5.74) is 1.41. The minimum atomic E-state index is -0.232. The van der Waals surface area contributed by atoms with Gasteiger partial charge in [0.15, 0.2) is 0 Å². The first kappa shape index (κ1) is 19.0. The minimum absolute atomic E-state index is 0.00943. The van der Waals surface area contributed by atoms with Crippen LogP contribution in [-0.4, -0.2) is 47.4 Å². The van der Waals surface area contributed by atoms with Crippen LogP contribution in [0.15, 0.2) is 54.7 Å². The van der Waals surface area contributed by atoms with Crippen LogP contribution < -0.4 is 10.6 Å². The molecule has 142 valence electrons. The zero-order valence-corrected chi connectivity index (χ0v) is 15.4. The van der Waals surface area contributed by atoms with Crippen molar-refractivity contribution in [3.63, 3.8) is 0 Å². The molecule has 1 aromatic carbocycles. The molecule has 2 aromatic rings. The molecule has 3 rings (SSSR count). The molecule has 2 amide bonds. The van der Waals surface area contributed by atoms with Crippen LogP contribution in [-0.2, 0) is 11.3 Å². The maximum absolute atomic E-state index is 13.0. The molecule has 2 heterocycles. The predicted octanol–water partition coefficient (Wildman–Crippen LogP) is 1.98. The van der Waals surface area contributed by atoms with Gasteiger partial charge in [-0.1, -0.05) is 24.3 Å². The van der Waals surface area contributed by atoms with E-state index in [1.165, 1.54) is 0 Å². The van der Waals surface area contributed by atoms with Crippen LogP contribution in [0.1, 0.15) is 35.3 Å². The molecule has 0 radical (unpaired) electrons. The Labute approximate surface area is 160 Å². The van der Waals surface area contributed by atoms with Gasteiger partial charge in [0.25, 0.3) is 5.91 Å². The van der Waals surface area contributed by atoms with E-state index in [1.54, 1.807) is 18.3 Å². The van der Waals surface area contributed by atoms with Gasteiger partial charge in [-0.2, -0.15) is 0 Å². The highest BCUT2D eigenvalue weighted by Gasteiger charge is 2.25. The van der Waals surface area contributed by atoms with E-state index in [0.717, 1.165) is 38.0 Å². The number of carbonyl (C=O) groups excluding carboxylic acids is 2. The zero-order chi connectivity index (χ0) is 18.9. The normalized spacial score (nSPS) is 17.0. The Kier molecular flexibility index (Phi) is 6.93. The Hall–Kier alpha value is -2.73. The number of carbonyl (C=O) groups is 2. The molecular formula is C21H26N4O2. The van der Waals surface area contributed by atoms with Crippen molar-refractivity contribution in [3.8, 4) is 0 Å². The van der Waals surface area contributed by atoms with Gasteiger partial charge in [0.05, 0.1) is 18.8 Å². The number of benzene rings is 1. The van der Waals surface area contributed by atoms with E-state index < -0.39 is 0 Å². The van der Waals surface area contributed by atoms with Gasteiger partial charge in [-0.3, -0.25) is 14.6 Å². The quantitative estimate of drug-likeness (QED) is 0.820. The fourth-order valence-electron chi connectivity index (χ4n) is 3.35. The fraction of sp³-hybridized carbons (Fsp3) is 0.381. The summed E-state index contributed by atoms with van der Waals surface area (Å²) in [7, 11) is 0. The first-order valence-electron chi connectivity index (χ1n) is 9.47. The van der Waals surface area contributed by atoms with Gasteiger partial charge in [0.1, 0.15) is 0 Å². The molecule has 1 fully saturated rings. The molecule has 1 aliphatic heterocycles. The molecular weight excluding hydrogens is 340 g/mol. The third kappa shape index (κ3) is 5.62. The van der Waals surface area contributed by atoms with E-state index in [0.29, 0.717) is 12.1 Å². The molecule has 0 saturated carbocycles. The minimum Gasteiger partial charge on any atom is -0.343 e. The van der Waals surface area contributed by atoms with Crippen LogP contribution >= 0.6 is 0 Å². The number of pyridine rings is 1. The molecule has 1 aliphatic rings. The van der Waals surface area contributed by atoms with Crippen molar-refractivity contribution < 1.29 is 9.59 Å². The van der Waals surface area contributed by atoms with Crippen LogP contribution in [0.5, 0.6) is 0 Å². The summed E-state index contributed by atoms with van der Waals surface area (Å²) in [6.45, 7) is 2.33. The van der Waals surface area contributed by atoms with Crippen LogP contribution in [0.25, 0.3) is 0 Å². The molecule has 2 N–H and O–H groups in total. The van der Waals surface area contributed by atoms with Crippen molar-refractivity contribution >= 4 is 11.8 Å². The first-order chi connectivity index (χ1) is 13.2. The summed E-state index contributed by atoms with van der Waals surface area (Å²) in [5.74, 6) is -0.305. The van der Waals surface area contributed by atoms with Crippen molar-refractivity contribution in [3.05, 3.63) is 66.0 Å². The zero-order valence-electron chi connectivity index (χ0n) is 15.4. The molecule has 6 heteroatoms. The van der Waals surface area contributed by atoms with Gasteiger partial charge in [0, 0.05) is 17.8 Å². The number of rotatable bonds is 6. The van der Waals surface area contributed by atoms with Gasteiger partial charge in [-0.15, -0.1) is 0 Å². The standard InChI is InChI=1S/C21H26N4O2/c26-20(15-24-21(27)17-7-2-1-3-8-17)25(16-18-9-4-5-13-23-18)19-10-6-12-22-14-11-19/h1-5,7-9,13,19,22H,6,10-12,14-16H2,(H,24,27). The summed E-state index contributed by atoms with van der Waals surface area (Å²) in [6.07, 6.45) is 4.64. The molecule has 6 nitrogen and oxygen atoms in total. The summed E-state index contributed by atoms with van der Waals surface area (Å²) in [5, 5.41) is 6.14. The van der Waals surface area contributed by atoms with Gasteiger partial charge >= 0.3 is 0 Å². The van der Waals surface area contributed by atoms with Gasteiger partial charge in [0.2, 0.25) is 5.91 Å². The van der Waals surface area contributed by atoms with Gasteiger partial charge in [-0.05, 0) is 56.6 Å². The molecule has 27 heavy (non-hydrogen) atoms. The van der Waals surface area contributed by atoms with Gasteiger partial charge in [-0.25, -0.2) is 0 Å². The number of nitrogens with one attached hydrogen (secondary N) is 2. The molecule has 0 aliphatic carbocycles. The van der Waals surface area contributed by atoms with Crippen LogP contribution in [0.4, 0.5) is 0 Å². The monoisotopic (exact) mass is 366 g/mol. The predicted molar refractivity (Wildman–Crippen MR) is 104 cm³/mol. The Balaban J connectivity index is 1.67. The Morgan fingerprint density at radius 2 is 1.89 bits per heavy atom. The van der Waals surface area contributed by atoms with Crippen molar-refractivity contribution in [2.75, 3.05) is 19.6 Å². The summed E-state index contributed by atoms with van der Waals surface area (Å²) < 4.78 is 0. The Bertz CT molecular complexity index is 728. The summed E-state index contributed by atoms with van der Waals surface area (Å²) in [4.78, 5) is 31.5. The first-order valence-corrected chi connectivity index (χ1v) is 9.47. The third-order valence-electron chi connectivity index (χ3n) is 4.80. The van der Waals surface area contributed by atoms with Crippen LogP contribution in [0.3, 0.4) is 0 Å². The van der Waals surface area contributed by atoms with E-state index in [1.807, 2.05) is 41.3 Å². The van der Waals surface area contributed by atoms with E-state index in [9.17, 15) is 9.59 Å². The van der Waals surface area contributed by atoms with Crippen LogP contribution in [0, 0.1) is 0 Å². The number of hydrogen-bond acceptors (Lipinski definition) is 4. The maximum Gasteiger partial charge on any atom is 0.251 e. The highest BCUT2D eigenvalue weighted by atomic mass is 16.2. The highest BCUT2D eigenvalue weighted by molar-refractivity contribution is 5.96. The number of amides is 2. The number of nitrogens with zero attached hydrogens (tertiary/aromatic N) is 2. The summed E-state index contributed by atoms with van der Waals surface area (Å²) in [6, 6.07) is 14.8. The second kappa shape index (κ2) is 9.83. The van der Waals surface area contributed by atoms with Crippen LogP contribution in [0.2, 0.25) is 0 Å². The largest absolute Gasteiger partial charge is 0.343 e. The molecule has 1 unspecified atom stereocenters. The average Bonchev–Trinajstić information content (AvgIpc) is 3.01. The van der Waals surface area contributed by atoms with Crippen molar-refractivity contribution in [2.24, 2.45) is 0 Å². The van der Waals surface area contributed by atoms with Gasteiger partial charge < -0.3 is 15.5 Å². The smallest absolute Gasteiger partial charge is 0.251 e. The van der Waals surface area contributed by atoms with E-state index in [-0.39, 0.29) is 24.4 Å². The average molecular weight is 366 g/mol. The lowest BCUT2D eigenvalue weighted by atomic mass is 10.1.